The molecule has 2 heterocycles. The summed E-state index contributed by atoms with van der Waals surface area (Å²) in [7, 11) is 0. The van der Waals surface area contributed by atoms with Crippen LogP contribution < -0.4 is 10.2 Å². The average Bonchev–Trinajstić information content (AvgIpc) is 2.49. The second kappa shape index (κ2) is 5.77. The molecule has 1 aromatic carbocycles. The van der Waals surface area contributed by atoms with Gasteiger partial charge in [-0.15, -0.1) is 0 Å². The van der Waals surface area contributed by atoms with Gasteiger partial charge in [0, 0.05) is 18.8 Å². The molecule has 0 bridgehead atoms. The van der Waals surface area contributed by atoms with Gasteiger partial charge in [0.1, 0.15) is 0 Å². The highest BCUT2D eigenvalue weighted by atomic mass is 15.1. The molecule has 2 heteroatoms. The van der Waals surface area contributed by atoms with Crippen molar-refractivity contribution in [2.75, 3.05) is 31.1 Å². The minimum absolute atomic E-state index is 0.602. The predicted octanol–water partition coefficient (Wildman–Crippen LogP) is 3.54. The van der Waals surface area contributed by atoms with Crippen LogP contribution in [0.1, 0.15) is 33.1 Å². The van der Waals surface area contributed by atoms with Crippen molar-refractivity contribution in [3.05, 3.63) is 30.3 Å². The highest BCUT2D eigenvalue weighted by molar-refractivity contribution is 5.46. The van der Waals surface area contributed by atoms with Crippen molar-refractivity contribution in [3.8, 4) is 0 Å². The molecular weight excluding hydrogens is 244 g/mol. The van der Waals surface area contributed by atoms with Crippen LogP contribution in [0, 0.1) is 17.3 Å². The lowest BCUT2D eigenvalue weighted by molar-refractivity contribution is 0.0441. The van der Waals surface area contributed by atoms with Gasteiger partial charge >= 0.3 is 0 Å². The quantitative estimate of drug-likeness (QED) is 0.886. The van der Waals surface area contributed by atoms with Gasteiger partial charge in [-0.05, 0) is 61.7 Å². The summed E-state index contributed by atoms with van der Waals surface area (Å²) in [5.74, 6) is 1.65. The van der Waals surface area contributed by atoms with E-state index in [0.29, 0.717) is 5.41 Å². The zero-order valence-corrected chi connectivity index (χ0v) is 12.9. The van der Waals surface area contributed by atoms with Crippen LogP contribution in [0.2, 0.25) is 0 Å². The largest absolute Gasteiger partial charge is 0.371 e. The van der Waals surface area contributed by atoms with Crippen LogP contribution >= 0.6 is 0 Å². The monoisotopic (exact) mass is 272 g/mol. The third-order valence-electron chi connectivity index (χ3n) is 5.64. The van der Waals surface area contributed by atoms with E-state index in [4.69, 9.17) is 0 Å². The normalized spacial score (nSPS) is 26.1. The molecule has 1 N–H and O–H groups in total. The number of rotatable bonds is 2. The molecule has 2 nitrogen and oxygen atoms in total. The number of benzene rings is 1. The Kier molecular flexibility index (Phi) is 4.02. The number of nitrogens with one attached hydrogen (secondary N) is 1. The Morgan fingerprint density at radius 2 is 1.80 bits per heavy atom. The fourth-order valence-corrected chi connectivity index (χ4v) is 4.41. The van der Waals surface area contributed by atoms with Crippen LogP contribution in [0.15, 0.2) is 30.3 Å². The molecule has 0 amide bonds. The summed E-state index contributed by atoms with van der Waals surface area (Å²) in [6, 6.07) is 10.9. The first kappa shape index (κ1) is 13.9. The van der Waals surface area contributed by atoms with Gasteiger partial charge in [0.15, 0.2) is 0 Å². The van der Waals surface area contributed by atoms with Gasteiger partial charge in [-0.25, -0.2) is 0 Å². The minimum Gasteiger partial charge on any atom is -0.371 e. The third kappa shape index (κ3) is 2.58. The summed E-state index contributed by atoms with van der Waals surface area (Å²) >= 11 is 0. The van der Waals surface area contributed by atoms with Gasteiger partial charge in [0.25, 0.3) is 0 Å². The Balaban J connectivity index is 1.70. The van der Waals surface area contributed by atoms with Crippen LogP contribution in [0.3, 0.4) is 0 Å². The van der Waals surface area contributed by atoms with E-state index in [1.165, 1.54) is 51.1 Å². The fourth-order valence-electron chi connectivity index (χ4n) is 4.41. The van der Waals surface area contributed by atoms with E-state index >= 15 is 0 Å². The Labute approximate surface area is 123 Å². The number of piperidine rings is 2. The van der Waals surface area contributed by atoms with E-state index in [1.54, 1.807) is 0 Å². The summed E-state index contributed by atoms with van der Waals surface area (Å²) in [6.07, 6.45) is 4.11. The van der Waals surface area contributed by atoms with Crippen LogP contribution in [0.4, 0.5) is 5.69 Å². The fraction of sp³-hybridized carbons (Fsp3) is 0.667. The molecule has 1 spiro atoms. The average molecular weight is 272 g/mol. The lowest BCUT2D eigenvalue weighted by atomic mass is 9.61. The van der Waals surface area contributed by atoms with E-state index < -0.39 is 0 Å². The Hall–Kier alpha value is -1.02. The summed E-state index contributed by atoms with van der Waals surface area (Å²) < 4.78 is 0. The molecule has 0 aliphatic carbocycles. The van der Waals surface area contributed by atoms with Crippen LogP contribution in [0.5, 0.6) is 0 Å². The zero-order valence-electron chi connectivity index (χ0n) is 12.9. The molecule has 2 aliphatic rings. The second-order valence-electron chi connectivity index (χ2n) is 6.99. The third-order valence-corrected chi connectivity index (χ3v) is 5.64. The van der Waals surface area contributed by atoms with Gasteiger partial charge < -0.3 is 10.2 Å². The summed E-state index contributed by atoms with van der Waals surface area (Å²) in [5, 5.41) is 3.62. The highest BCUT2D eigenvalue weighted by Gasteiger charge is 2.43. The van der Waals surface area contributed by atoms with Crippen molar-refractivity contribution in [1.29, 1.82) is 0 Å². The van der Waals surface area contributed by atoms with Gasteiger partial charge in [-0.1, -0.05) is 32.0 Å². The number of nitrogens with zero attached hydrogens (tertiary/aromatic N) is 1. The SMILES string of the molecule is CC(C)C1CNCCC12CCN(c1ccccc1)CC2. The first-order valence-electron chi connectivity index (χ1n) is 8.22. The van der Waals surface area contributed by atoms with Crippen molar-refractivity contribution < 1.29 is 0 Å². The van der Waals surface area contributed by atoms with E-state index in [0.717, 1.165) is 11.8 Å². The minimum atomic E-state index is 0.602. The van der Waals surface area contributed by atoms with Crippen molar-refractivity contribution in [3.63, 3.8) is 0 Å². The molecule has 0 radical (unpaired) electrons. The molecule has 1 unspecified atom stereocenters. The first-order chi connectivity index (χ1) is 9.71. The van der Waals surface area contributed by atoms with Crippen LogP contribution in [-0.4, -0.2) is 26.2 Å². The molecule has 2 aliphatic heterocycles. The van der Waals surface area contributed by atoms with Gasteiger partial charge in [0.05, 0.1) is 0 Å². The van der Waals surface area contributed by atoms with Crippen molar-refractivity contribution >= 4 is 5.69 Å². The van der Waals surface area contributed by atoms with E-state index in [-0.39, 0.29) is 0 Å². The molecule has 20 heavy (non-hydrogen) atoms. The molecule has 2 fully saturated rings. The first-order valence-corrected chi connectivity index (χ1v) is 8.22. The summed E-state index contributed by atoms with van der Waals surface area (Å²) in [4.78, 5) is 2.57. The number of para-hydroxylation sites is 1. The van der Waals surface area contributed by atoms with Gasteiger partial charge in [-0.3, -0.25) is 0 Å². The summed E-state index contributed by atoms with van der Waals surface area (Å²) in [6.45, 7) is 9.71. The second-order valence-corrected chi connectivity index (χ2v) is 6.99. The Bertz CT molecular complexity index is 418. The molecule has 1 atom stereocenters. The van der Waals surface area contributed by atoms with Crippen molar-refractivity contribution in [2.45, 2.75) is 33.1 Å². The maximum absolute atomic E-state index is 3.62. The highest BCUT2D eigenvalue weighted by Crippen LogP contribution is 2.46. The molecule has 1 aromatic rings. The summed E-state index contributed by atoms with van der Waals surface area (Å²) in [5.41, 5.74) is 2.00. The molecule has 3 rings (SSSR count). The van der Waals surface area contributed by atoms with Crippen molar-refractivity contribution in [2.24, 2.45) is 17.3 Å². The predicted molar refractivity (Wildman–Crippen MR) is 86.1 cm³/mol. The van der Waals surface area contributed by atoms with E-state index in [2.05, 4.69) is 54.4 Å². The molecular formula is C18H28N2. The molecule has 0 aromatic heterocycles. The Morgan fingerprint density at radius 1 is 1.10 bits per heavy atom. The van der Waals surface area contributed by atoms with Crippen LogP contribution in [0.25, 0.3) is 0 Å². The number of hydrogen-bond donors (Lipinski definition) is 1. The smallest absolute Gasteiger partial charge is 0.0366 e. The standard InChI is InChI=1S/C18H28N2/c1-15(2)17-14-19-11-8-18(17)9-12-20(13-10-18)16-6-4-3-5-7-16/h3-7,15,17,19H,8-14H2,1-2H3. The van der Waals surface area contributed by atoms with Gasteiger partial charge in [-0.2, -0.15) is 0 Å². The number of anilines is 1. The lowest BCUT2D eigenvalue weighted by Gasteiger charge is -2.51. The maximum atomic E-state index is 3.62. The lowest BCUT2D eigenvalue weighted by Crippen LogP contribution is -2.52. The number of hydrogen-bond acceptors (Lipinski definition) is 2. The van der Waals surface area contributed by atoms with E-state index in [9.17, 15) is 0 Å². The maximum Gasteiger partial charge on any atom is 0.0366 e. The topological polar surface area (TPSA) is 15.3 Å². The molecule has 2 saturated heterocycles. The zero-order chi connectivity index (χ0) is 14.0. The van der Waals surface area contributed by atoms with E-state index in [1.807, 2.05) is 0 Å². The molecule has 0 saturated carbocycles. The van der Waals surface area contributed by atoms with Crippen LogP contribution in [-0.2, 0) is 0 Å². The van der Waals surface area contributed by atoms with Gasteiger partial charge in [0.2, 0.25) is 0 Å². The molecule has 110 valence electrons. The Morgan fingerprint density at radius 3 is 2.45 bits per heavy atom. The van der Waals surface area contributed by atoms with Crippen molar-refractivity contribution in [1.82, 2.24) is 5.32 Å².